The fraction of sp³-hybridized carbons (Fsp3) is 0.318. The van der Waals surface area contributed by atoms with E-state index in [0.717, 1.165) is 16.7 Å². The number of benzene rings is 2. The molecule has 6 nitrogen and oxygen atoms in total. The average Bonchev–Trinajstić information content (AvgIpc) is 3.18. The Hall–Kier alpha value is -2.48. The van der Waals surface area contributed by atoms with E-state index in [4.69, 9.17) is 9.47 Å². The quantitative estimate of drug-likeness (QED) is 0.705. The first-order valence-corrected chi connectivity index (χ1v) is 11.0. The molecule has 0 aliphatic carbocycles. The first-order chi connectivity index (χ1) is 13.9. The Balaban J connectivity index is 1.53. The van der Waals surface area contributed by atoms with Gasteiger partial charge in [-0.2, -0.15) is 4.31 Å². The van der Waals surface area contributed by atoms with Gasteiger partial charge in [0.05, 0.1) is 23.7 Å². The molecule has 1 unspecified atom stereocenters. The highest BCUT2D eigenvalue weighted by atomic mass is 32.2. The summed E-state index contributed by atoms with van der Waals surface area (Å²) in [5.74, 6) is -0.564. The molecule has 0 spiro atoms. The van der Waals surface area contributed by atoms with E-state index < -0.39 is 16.0 Å². The molecule has 29 heavy (non-hydrogen) atoms. The van der Waals surface area contributed by atoms with Crippen LogP contribution in [0, 0.1) is 12.8 Å². The predicted octanol–water partition coefficient (Wildman–Crippen LogP) is 2.69. The lowest BCUT2D eigenvalue weighted by Crippen LogP contribution is -2.29. The van der Waals surface area contributed by atoms with E-state index in [1.807, 2.05) is 37.3 Å². The minimum absolute atomic E-state index is 0.122. The molecule has 4 rings (SSSR count). The topological polar surface area (TPSA) is 72.9 Å². The molecule has 1 saturated heterocycles. The molecule has 2 aliphatic heterocycles. The summed E-state index contributed by atoms with van der Waals surface area (Å²) < 4.78 is 38.5. The Morgan fingerprint density at radius 1 is 1.14 bits per heavy atom. The third-order valence-corrected chi connectivity index (χ3v) is 7.16. The van der Waals surface area contributed by atoms with Crippen LogP contribution < -0.4 is 0 Å². The van der Waals surface area contributed by atoms with Gasteiger partial charge in [-0.25, -0.2) is 13.2 Å². The van der Waals surface area contributed by atoms with E-state index in [1.165, 1.54) is 4.31 Å². The second kappa shape index (κ2) is 8.10. The minimum Gasteiger partial charge on any atom is -0.457 e. The van der Waals surface area contributed by atoms with Crippen molar-refractivity contribution in [1.82, 2.24) is 4.31 Å². The number of esters is 1. The van der Waals surface area contributed by atoms with Gasteiger partial charge in [0.2, 0.25) is 10.0 Å². The fourth-order valence-electron chi connectivity index (χ4n) is 3.67. The number of nitrogens with zero attached hydrogens (tertiary/aromatic N) is 1. The Bertz CT molecular complexity index is 1030. The second-order valence-electron chi connectivity index (χ2n) is 7.39. The molecule has 2 heterocycles. The SMILES string of the molecule is Cc1ccc(S(=O)(=O)N2CC3=C(C(=O)OCc4ccccc4)COCC3C2)cc1. The zero-order valence-corrected chi connectivity index (χ0v) is 17.0. The van der Waals surface area contributed by atoms with Crippen LogP contribution in [0.5, 0.6) is 0 Å². The number of hydrogen-bond donors (Lipinski definition) is 0. The Morgan fingerprint density at radius 3 is 2.59 bits per heavy atom. The fourth-order valence-corrected chi connectivity index (χ4v) is 5.14. The van der Waals surface area contributed by atoms with Gasteiger partial charge in [-0.1, -0.05) is 48.0 Å². The van der Waals surface area contributed by atoms with Crippen molar-refractivity contribution in [1.29, 1.82) is 0 Å². The maximum atomic E-state index is 13.0. The summed E-state index contributed by atoms with van der Waals surface area (Å²) in [6.07, 6.45) is 0. The Labute approximate surface area is 170 Å². The van der Waals surface area contributed by atoms with E-state index in [2.05, 4.69) is 0 Å². The standard InChI is InChI=1S/C22H23NO5S/c1-16-7-9-19(10-8-16)29(25,26)23-11-18-14-27-15-21(20(18)12-23)22(24)28-13-17-5-3-2-4-6-17/h2-10,18H,11-15H2,1H3. The predicted molar refractivity (Wildman–Crippen MR) is 108 cm³/mol. The van der Waals surface area contributed by atoms with Crippen LogP contribution in [0.3, 0.4) is 0 Å². The maximum Gasteiger partial charge on any atom is 0.336 e. The van der Waals surface area contributed by atoms with Crippen LogP contribution in [0.25, 0.3) is 0 Å². The third kappa shape index (κ3) is 4.12. The molecule has 0 N–H and O–H groups in total. The van der Waals surface area contributed by atoms with E-state index >= 15 is 0 Å². The number of hydrogen-bond acceptors (Lipinski definition) is 5. The van der Waals surface area contributed by atoms with Gasteiger partial charge in [0.15, 0.2) is 0 Å². The van der Waals surface area contributed by atoms with Crippen LogP contribution in [0.15, 0.2) is 70.6 Å². The molecule has 2 aromatic carbocycles. The van der Waals surface area contributed by atoms with Crippen LogP contribution in [0.1, 0.15) is 11.1 Å². The summed E-state index contributed by atoms with van der Waals surface area (Å²) in [5, 5.41) is 0. The molecule has 1 atom stereocenters. The number of sulfonamides is 1. The molecule has 1 fully saturated rings. The smallest absolute Gasteiger partial charge is 0.336 e. The molecule has 2 aliphatic rings. The maximum absolute atomic E-state index is 13.0. The van der Waals surface area contributed by atoms with Crippen LogP contribution in [-0.2, 0) is 30.9 Å². The van der Waals surface area contributed by atoms with Crippen LogP contribution >= 0.6 is 0 Å². The van der Waals surface area contributed by atoms with Crippen molar-refractivity contribution < 1.29 is 22.7 Å². The van der Waals surface area contributed by atoms with E-state index in [1.54, 1.807) is 24.3 Å². The zero-order chi connectivity index (χ0) is 20.4. The van der Waals surface area contributed by atoms with Gasteiger partial charge in [-0.05, 0) is 30.2 Å². The lowest BCUT2D eigenvalue weighted by Gasteiger charge is -2.21. The highest BCUT2D eigenvalue weighted by Gasteiger charge is 2.40. The number of carbonyl (C=O) groups excluding carboxylic acids is 1. The van der Waals surface area contributed by atoms with Gasteiger partial charge in [0.25, 0.3) is 0 Å². The van der Waals surface area contributed by atoms with Crippen molar-refractivity contribution in [3.63, 3.8) is 0 Å². The number of fused-ring (bicyclic) bond motifs is 1. The summed E-state index contributed by atoms with van der Waals surface area (Å²) in [6.45, 7) is 3.15. The Morgan fingerprint density at radius 2 is 1.86 bits per heavy atom. The molecule has 0 bridgehead atoms. The van der Waals surface area contributed by atoms with Crippen LogP contribution in [-0.4, -0.2) is 45.0 Å². The van der Waals surface area contributed by atoms with Crippen molar-refractivity contribution in [3.05, 3.63) is 76.9 Å². The number of carbonyl (C=O) groups is 1. The molecule has 0 aromatic heterocycles. The second-order valence-corrected chi connectivity index (χ2v) is 9.33. The van der Waals surface area contributed by atoms with E-state index in [0.29, 0.717) is 18.7 Å². The summed E-state index contributed by atoms with van der Waals surface area (Å²) >= 11 is 0. The van der Waals surface area contributed by atoms with Gasteiger partial charge >= 0.3 is 5.97 Å². The highest BCUT2D eigenvalue weighted by Crippen LogP contribution is 2.33. The Kier molecular flexibility index (Phi) is 5.54. The monoisotopic (exact) mass is 413 g/mol. The summed E-state index contributed by atoms with van der Waals surface area (Å²) in [4.78, 5) is 12.9. The summed E-state index contributed by atoms with van der Waals surface area (Å²) in [5.41, 5.74) is 3.15. The average molecular weight is 413 g/mol. The first kappa shape index (κ1) is 19.8. The number of aryl methyl sites for hydroxylation is 1. The zero-order valence-electron chi connectivity index (χ0n) is 16.2. The minimum atomic E-state index is -3.63. The van der Waals surface area contributed by atoms with Gasteiger partial charge in [0, 0.05) is 19.0 Å². The molecule has 152 valence electrons. The third-order valence-electron chi connectivity index (χ3n) is 5.33. The summed E-state index contributed by atoms with van der Waals surface area (Å²) in [7, 11) is -3.63. The number of rotatable bonds is 5. The van der Waals surface area contributed by atoms with Crippen molar-refractivity contribution in [2.45, 2.75) is 18.4 Å². The van der Waals surface area contributed by atoms with Crippen molar-refractivity contribution in [2.75, 3.05) is 26.3 Å². The van der Waals surface area contributed by atoms with Crippen molar-refractivity contribution in [2.24, 2.45) is 5.92 Å². The number of ether oxygens (including phenoxy) is 2. The van der Waals surface area contributed by atoms with Crippen molar-refractivity contribution in [3.8, 4) is 0 Å². The molecular weight excluding hydrogens is 390 g/mol. The normalized spacial score (nSPS) is 19.8. The lowest BCUT2D eigenvalue weighted by molar-refractivity contribution is -0.141. The summed E-state index contributed by atoms with van der Waals surface area (Å²) in [6, 6.07) is 16.2. The van der Waals surface area contributed by atoms with E-state index in [9.17, 15) is 13.2 Å². The molecule has 0 amide bonds. The lowest BCUT2D eigenvalue weighted by atomic mass is 9.96. The van der Waals surface area contributed by atoms with Crippen molar-refractivity contribution >= 4 is 16.0 Å². The van der Waals surface area contributed by atoms with E-state index in [-0.39, 0.29) is 30.6 Å². The molecule has 7 heteroatoms. The van der Waals surface area contributed by atoms with Gasteiger partial charge in [0.1, 0.15) is 6.61 Å². The molecule has 0 saturated carbocycles. The molecule has 2 aromatic rings. The molecule has 0 radical (unpaired) electrons. The first-order valence-electron chi connectivity index (χ1n) is 9.52. The van der Waals surface area contributed by atoms with Gasteiger partial charge in [-0.15, -0.1) is 0 Å². The van der Waals surface area contributed by atoms with Gasteiger partial charge in [-0.3, -0.25) is 0 Å². The van der Waals surface area contributed by atoms with Crippen LogP contribution in [0.4, 0.5) is 0 Å². The molecular formula is C22H23NO5S. The largest absolute Gasteiger partial charge is 0.457 e. The van der Waals surface area contributed by atoms with Crippen LogP contribution in [0.2, 0.25) is 0 Å². The van der Waals surface area contributed by atoms with Gasteiger partial charge < -0.3 is 9.47 Å². The highest BCUT2D eigenvalue weighted by molar-refractivity contribution is 7.89.